The van der Waals surface area contributed by atoms with E-state index in [1.807, 2.05) is 0 Å². The lowest BCUT2D eigenvalue weighted by Gasteiger charge is -2.12. The van der Waals surface area contributed by atoms with Crippen LogP contribution in [0.2, 0.25) is 5.02 Å². The molecule has 4 aromatic rings. The minimum absolute atomic E-state index is 0.0352. The lowest BCUT2D eigenvalue weighted by molar-refractivity contribution is -0.140. The maximum atomic E-state index is 13.8. The highest BCUT2D eigenvalue weighted by Gasteiger charge is 2.39. The third-order valence-corrected chi connectivity index (χ3v) is 7.32. The fourth-order valence-electron chi connectivity index (χ4n) is 4.73. The number of halogens is 4. The number of amides is 3. The zero-order chi connectivity index (χ0) is 33.0. The molecular formula is C28H28ClF3N10O4. The van der Waals surface area contributed by atoms with Crippen molar-refractivity contribution in [2.75, 3.05) is 25.4 Å². The number of aromatic amines is 2. The summed E-state index contributed by atoms with van der Waals surface area (Å²) in [6.07, 6.45) is -2.69. The average molecular weight is 661 g/mol. The summed E-state index contributed by atoms with van der Waals surface area (Å²) in [5.74, 6) is -1.71. The van der Waals surface area contributed by atoms with Crippen LogP contribution in [-0.4, -0.2) is 79.8 Å². The van der Waals surface area contributed by atoms with Crippen LogP contribution in [0.1, 0.15) is 38.7 Å². The minimum atomic E-state index is -4.82. The highest BCUT2D eigenvalue weighted by atomic mass is 35.5. The number of benzene rings is 1. The van der Waals surface area contributed by atoms with E-state index in [-0.39, 0.29) is 64.6 Å². The molecule has 1 saturated heterocycles. The largest absolute Gasteiger partial charge is 0.435 e. The van der Waals surface area contributed by atoms with Crippen LogP contribution >= 0.6 is 11.6 Å². The van der Waals surface area contributed by atoms with E-state index >= 15 is 0 Å². The molecule has 4 heterocycles. The maximum absolute atomic E-state index is 13.8. The van der Waals surface area contributed by atoms with Crippen molar-refractivity contribution in [3.8, 4) is 22.6 Å². The van der Waals surface area contributed by atoms with Crippen molar-refractivity contribution >= 4 is 35.0 Å². The Hall–Kier alpha value is -5.00. The number of nitrogen functional groups attached to an aromatic ring is 1. The molecule has 14 nitrogen and oxygen atoms in total. The van der Waals surface area contributed by atoms with Gasteiger partial charge in [0.2, 0.25) is 5.91 Å². The van der Waals surface area contributed by atoms with E-state index in [2.05, 4.69) is 46.4 Å². The molecule has 46 heavy (non-hydrogen) atoms. The lowest BCUT2D eigenvalue weighted by Crippen LogP contribution is -2.43. The summed E-state index contributed by atoms with van der Waals surface area (Å²) >= 11 is 6.30. The van der Waals surface area contributed by atoms with Gasteiger partial charge in [-0.25, -0.2) is 4.98 Å². The van der Waals surface area contributed by atoms with Gasteiger partial charge in [-0.3, -0.25) is 24.5 Å². The van der Waals surface area contributed by atoms with Crippen molar-refractivity contribution < 1.29 is 32.7 Å². The van der Waals surface area contributed by atoms with Gasteiger partial charge in [-0.05, 0) is 36.2 Å². The molecule has 3 amide bonds. The number of anilines is 1. The zero-order valence-electron chi connectivity index (χ0n) is 23.8. The zero-order valence-corrected chi connectivity index (χ0v) is 24.6. The predicted octanol–water partition coefficient (Wildman–Crippen LogP) is 1.61. The van der Waals surface area contributed by atoms with Crippen LogP contribution in [0.15, 0.2) is 42.7 Å². The Morgan fingerprint density at radius 2 is 1.83 bits per heavy atom. The Morgan fingerprint density at radius 3 is 2.50 bits per heavy atom. The van der Waals surface area contributed by atoms with Gasteiger partial charge in [-0.1, -0.05) is 17.7 Å². The van der Waals surface area contributed by atoms with Crippen molar-refractivity contribution in [3.05, 3.63) is 70.4 Å². The summed E-state index contributed by atoms with van der Waals surface area (Å²) < 4.78 is 41.4. The smallest absolute Gasteiger partial charge is 0.397 e. The number of pyridine rings is 1. The summed E-state index contributed by atoms with van der Waals surface area (Å²) in [6, 6.07) is 6.95. The first-order valence-corrected chi connectivity index (χ1v) is 14.2. The van der Waals surface area contributed by atoms with E-state index in [0.717, 1.165) is 6.20 Å². The maximum Gasteiger partial charge on any atom is 0.435 e. The second-order valence-electron chi connectivity index (χ2n) is 10.3. The van der Waals surface area contributed by atoms with Gasteiger partial charge in [0.15, 0.2) is 11.5 Å². The molecular weight excluding hydrogens is 633 g/mol. The number of alkyl halides is 3. The monoisotopic (exact) mass is 660 g/mol. The van der Waals surface area contributed by atoms with Gasteiger partial charge in [-0.2, -0.15) is 18.3 Å². The van der Waals surface area contributed by atoms with Crippen molar-refractivity contribution in [2.45, 2.75) is 31.3 Å². The standard InChI is InChI=1S/C28H28ClF3N10O4/c29-17-7-13(1-3-16(17)25(44)34-5-6-35-26(45)19-8-15(43)11-37-19)9-39-27(46)24-38-12-20(40-24)21-22(18-4-2-14(33)10-36-18)41-42-23(21)28(30,31)32/h1-4,7,10,12,15,19,37,43H,5-6,8-9,11,33H2,(H,34,44)(H,35,45)(H,38,40)(H,39,46)(H,41,42)/t15-,19+/m1/s1. The van der Waals surface area contributed by atoms with Gasteiger partial charge < -0.3 is 37.1 Å². The van der Waals surface area contributed by atoms with Gasteiger partial charge in [-0.15, -0.1) is 0 Å². The molecule has 5 rings (SSSR count). The predicted molar refractivity (Wildman–Crippen MR) is 159 cm³/mol. The fourth-order valence-corrected chi connectivity index (χ4v) is 5.02. The van der Waals surface area contributed by atoms with E-state index < -0.39 is 35.8 Å². The number of H-pyrrole nitrogens is 2. The number of nitrogens with one attached hydrogen (secondary N) is 6. The number of carbonyl (C=O) groups excluding carboxylic acids is 3. The van der Waals surface area contributed by atoms with E-state index in [4.69, 9.17) is 17.3 Å². The van der Waals surface area contributed by atoms with Gasteiger partial charge in [0.25, 0.3) is 11.8 Å². The Bertz CT molecular complexity index is 1740. The van der Waals surface area contributed by atoms with Crippen LogP contribution in [0.4, 0.5) is 18.9 Å². The van der Waals surface area contributed by atoms with E-state index in [0.29, 0.717) is 24.2 Å². The molecule has 0 bridgehead atoms. The van der Waals surface area contributed by atoms with Gasteiger partial charge in [0.05, 0.1) is 63.5 Å². The number of nitrogens with zero attached hydrogens (tertiary/aromatic N) is 3. The van der Waals surface area contributed by atoms with Crippen molar-refractivity contribution in [1.82, 2.24) is 46.4 Å². The average Bonchev–Trinajstić information content (AvgIpc) is 3.78. The number of hydrogen-bond acceptors (Lipinski definition) is 9. The Labute approximate surface area is 263 Å². The third-order valence-electron chi connectivity index (χ3n) is 7.00. The molecule has 2 atom stereocenters. The Kier molecular flexibility index (Phi) is 9.54. The summed E-state index contributed by atoms with van der Waals surface area (Å²) in [6.45, 7) is 0.625. The lowest BCUT2D eigenvalue weighted by atomic mass is 10.1. The van der Waals surface area contributed by atoms with Crippen LogP contribution < -0.4 is 27.0 Å². The molecule has 3 aromatic heterocycles. The molecule has 0 spiro atoms. The van der Waals surface area contributed by atoms with Crippen LogP contribution in [-0.2, 0) is 17.5 Å². The van der Waals surface area contributed by atoms with Crippen LogP contribution in [0, 0.1) is 0 Å². The number of aromatic nitrogens is 5. The summed E-state index contributed by atoms with van der Waals surface area (Å²) in [7, 11) is 0. The van der Waals surface area contributed by atoms with Crippen LogP contribution in [0.5, 0.6) is 0 Å². The highest BCUT2D eigenvalue weighted by Crippen LogP contribution is 2.40. The highest BCUT2D eigenvalue weighted by molar-refractivity contribution is 6.33. The number of rotatable bonds is 10. The van der Waals surface area contributed by atoms with Gasteiger partial charge >= 0.3 is 6.18 Å². The molecule has 0 aliphatic carbocycles. The van der Waals surface area contributed by atoms with Crippen LogP contribution in [0.3, 0.4) is 0 Å². The molecule has 1 aliphatic heterocycles. The molecule has 0 unspecified atom stereocenters. The number of nitrogens with two attached hydrogens (primary N) is 1. The topological polar surface area (TPSA) is 216 Å². The molecule has 0 saturated carbocycles. The number of aliphatic hydroxyl groups excluding tert-OH is 1. The second kappa shape index (κ2) is 13.6. The quantitative estimate of drug-likeness (QED) is 0.116. The molecule has 242 valence electrons. The van der Waals surface area contributed by atoms with E-state index in [9.17, 15) is 32.7 Å². The van der Waals surface area contributed by atoms with Crippen molar-refractivity contribution in [1.29, 1.82) is 0 Å². The molecule has 1 aliphatic rings. The normalized spacial score (nSPS) is 16.3. The minimum Gasteiger partial charge on any atom is -0.397 e. The SMILES string of the molecule is Nc1ccc(-c2[nH]nc(C(F)(F)F)c2-c2cnc(C(=O)NCc3ccc(C(=O)NCCNC(=O)[C@@H]4C[C@@H](O)CN4)c(Cl)c3)[nH]2)nc1. The number of β-amino-alcohol motifs (C(OH)–C–C–N with tert-alkyl or cyclic N) is 1. The summed E-state index contributed by atoms with van der Waals surface area (Å²) in [4.78, 5) is 48.1. The number of aliphatic hydroxyl groups is 1. The molecule has 1 fully saturated rings. The van der Waals surface area contributed by atoms with Crippen molar-refractivity contribution in [3.63, 3.8) is 0 Å². The fraction of sp³-hybridized carbons (Fsp3) is 0.286. The van der Waals surface area contributed by atoms with Gasteiger partial charge in [0, 0.05) is 26.2 Å². The molecule has 9 N–H and O–H groups in total. The molecule has 0 radical (unpaired) electrons. The first kappa shape index (κ1) is 32.4. The summed E-state index contributed by atoms with van der Waals surface area (Å²) in [5, 5.41) is 26.2. The number of imidazole rings is 1. The Balaban J connectivity index is 1.18. The van der Waals surface area contributed by atoms with E-state index in [1.165, 1.54) is 30.5 Å². The second-order valence-corrected chi connectivity index (χ2v) is 10.7. The van der Waals surface area contributed by atoms with Crippen LogP contribution in [0.25, 0.3) is 22.6 Å². The third kappa shape index (κ3) is 7.44. The molecule has 18 heteroatoms. The summed E-state index contributed by atoms with van der Waals surface area (Å²) in [5.41, 5.74) is 5.05. The Morgan fingerprint density at radius 1 is 1.04 bits per heavy atom. The first-order chi connectivity index (χ1) is 21.9. The molecule has 1 aromatic carbocycles. The number of hydrogen-bond donors (Lipinski definition) is 8. The van der Waals surface area contributed by atoms with E-state index in [1.54, 1.807) is 6.07 Å². The number of carbonyl (C=O) groups is 3. The first-order valence-electron chi connectivity index (χ1n) is 13.9. The van der Waals surface area contributed by atoms with Crippen molar-refractivity contribution in [2.24, 2.45) is 0 Å². The van der Waals surface area contributed by atoms with Gasteiger partial charge in [0.1, 0.15) is 0 Å².